The topological polar surface area (TPSA) is 84.5 Å². The fraction of sp³-hybridized carbons (Fsp3) is 1.00. The molecular formula is C9H20NO3. The Morgan fingerprint density at radius 3 is 1.31 bits per heavy atom. The highest BCUT2D eigenvalue weighted by Gasteiger charge is 2.44. The molecule has 0 saturated carbocycles. The minimum Gasteiger partial charge on any atom is -0.393 e. The molecule has 4 N–H and O–H groups in total. The zero-order chi connectivity index (χ0) is 10.8. The molecule has 13 heavy (non-hydrogen) atoms. The Kier molecular flexibility index (Phi) is 4.32. The van der Waals surface area contributed by atoms with Gasteiger partial charge in [-0.15, -0.1) is 0 Å². The maximum absolute atomic E-state index is 9.40. The Balaban J connectivity index is 4.79. The van der Waals surface area contributed by atoms with Crippen molar-refractivity contribution >= 4 is 0 Å². The third-order valence-electron chi connectivity index (χ3n) is 2.86. The van der Waals surface area contributed by atoms with E-state index in [9.17, 15) is 15.3 Å². The fourth-order valence-corrected chi connectivity index (χ4v) is 1.51. The predicted molar refractivity (Wildman–Crippen MR) is 50.0 cm³/mol. The van der Waals surface area contributed by atoms with Gasteiger partial charge in [0.15, 0.2) is 0 Å². The molecule has 0 heterocycles. The number of hydrogen-bond donors (Lipinski definition) is 3. The lowest BCUT2D eigenvalue weighted by Gasteiger charge is -2.40. The van der Waals surface area contributed by atoms with Crippen molar-refractivity contribution < 1.29 is 15.3 Å². The van der Waals surface area contributed by atoms with Gasteiger partial charge in [0.05, 0.1) is 23.9 Å². The predicted octanol–water partition coefficient (Wildman–Crippen LogP) is -0.213. The van der Waals surface area contributed by atoms with Crippen molar-refractivity contribution in [3.05, 3.63) is 0 Å². The summed E-state index contributed by atoms with van der Waals surface area (Å²) in [6, 6.07) is 0. The summed E-state index contributed by atoms with van der Waals surface area (Å²) in [5, 5.41) is 28.1. The van der Waals surface area contributed by atoms with Crippen molar-refractivity contribution in [3.63, 3.8) is 0 Å². The molecule has 4 nitrogen and oxygen atoms in total. The van der Waals surface area contributed by atoms with Gasteiger partial charge < -0.3 is 15.3 Å². The SMILES string of the molecule is CC(O)C(C)C([NH])(C(C)O)C(C)O. The molecule has 0 aliphatic heterocycles. The van der Waals surface area contributed by atoms with E-state index in [0.717, 1.165) is 0 Å². The summed E-state index contributed by atoms with van der Waals surface area (Å²) in [5.74, 6) is -0.479. The van der Waals surface area contributed by atoms with Gasteiger partial charge in [0.1, 0.15) is 0 Å². The van der Waals surface area contributed by atoms with Crippen LogP contribution in [0.5, 0.6) is 0 Å². The first-order valence-electron chi connectivity index (χ1n) is 4.53. The summed E-state index contributed by atoms with van der Waals surface area (Å²) < 4.78 is 0. The van der Waals surface area contributed by atoms with Gasteiger partial charge in [-0.25, -0.2) is 5.73 Å². The van der Waals surface area contributed by atoms with Crippen LogP contribution in [0.15, 0.2) is 0 Å². The Morgan fingerprint density at radius 2 is 1.23 bits per heavy atom. The van der Waals surface area contributed by atoms with Crippen molar-refractivity contribution in [1.82, 2.24) is 5.73 Å². The van der Waals surface area contributed by atoms with Crippen LogP contribution in [-0.4, -0.2) is 39.2 Å². The van der Waals surface area contributed by atoms with E-state index in [1.165, 1.54) is 13.8 Å². The Labute approximate surface area is 79.4 Å². The van der Waals surface area contributed by atoms with E-state index in [-0.39, 0.29) is 0 Å². The van der Waals surface area contributed by atoms with Gasteiger partial charge in [0.2, 0.25) is 0 Å². The molecule has 0 aromatic carbocycles. The summed E-state index contributed by atoms with van der Waals surface area (Å²) in [4.78, 5) is 0. The molecule has 0 aliphatic rings. The van der Waals surface area contributed by atoms with Gasteiger partial charge in [-0.1, -0.05) is 6.92 Å². The van der Waals surface area contributed by atoms with Crippen molar-refractivity contribution in [2.24, 2.45) is 5.92 Å². The lowest BCUT2D eigenvalue weighted by atomic mass is 9.75. The molecule has 79 valence electrons. The van der Waals surface area contributed by atoms with E-state index >= 15 is 0 Å². The number of rotatable bonds is 4. The van der Waals surface area contributed by atoms with Crippen LogP contribution in [0, 0.1) is 5.92 Å². The highest BCUT2D eigenvalue weighted by atomic mass is 16.3. The van der Waals surface area contributed by atoms with Crippen LogP contribution in [0.1, 0.15) is 27.7 Å². The van der Waals surface area contributed by atoms with E-state index in [1.807, 2.05) is 0 Å². The summed E-state index contributed by atoms with van der Waals surface area (Å²) in [6.07, 6.45) is -2.67. The maximum atomic E-state index is 9.40. The first-order chi connectivity index (χ1) is 5.74. The second-order valence-corrected chi connectivity index (χ2v) is 3.81. The van der Waals surface area contributed by atoms with E-state index in [2.05, 4.69) is 0 Å². The molecule has 0 aromatic rings. The van der Waals surface area contributed by atoms with Gasteiger partial charge in [0, 0.05) is 5.92 Å². The van der Waals surface area contributed by atoms with E-state index in [4.69, 9.17) is 5.73 Å². The number of nitrogens with one attached hydrogen (secondary N) is 1. The van der Waals surface area contributed by atoms with E-state index in [0.29, 0.717) is 0 Å². The van der Waals surface area contributed by atoms with E-state index < -0.39 is 29.8 Å². The second kappa shape index (κ2) is 4.37. The molecular weight excluding hydrogens is 170 g/mol. The fourth-order valence-electron chi connectivity index (χ4n) is 1.51. The van der Waals surface area contributed by atoms with Crippen molar-refractivity contribution in [3.8, 4) is 0 Å². The zero-order valence-electron chi connectivity index (χ0n) is 8.65. The molecule has 4 unspecified atom stereocenters. The third kappa shape index (κ3) is 2.40. The number of hydrogen-bond acceptors (Lipinski definition) is 3. The quantitative estimate of drug-likeness (QED) is 0.573. The van der Waals surface area contributed by atoms with Gasteiger partial charge >= 0.3 is 0 Å². The smallest absolute Gasteiger partial charge is 0.0884 e. The Morgan fingerprint density at radius 1 is 0.923 bits per heavy atom. The molecule has 1 radical (unpaired) electrons. The molecule has 4 heteroatoms. The summed E-state index contributed by atoms with van der Waals surface area (Å²) in [6.45, 7) is 6.12. The molecule has 0 rings (SSSR count). The van der Waals surface area contributed by atoms with Crippen molar-refractivity contribution in [2.45, 2.75) is 51.5 Å². The molecule has 0 fully saturated rings. The van der Waals surface area contributed by atoms with Crippen LogP contribution in [0.4, 0.5) is 0 Å². The molecule has 4 atom stereocenters. The van der Waals surface area contributed by atoms with Crippen LogP contribution < -0.4 is 5.73 Å². The molecule has 0 amide bonds. The number of aliphatic hydroxyl groups is 3. The zero-order valence-corrected chi connectivity index (χ0v) is 8.65. The first-order valence-corrected chi connectivity index (χ1v) is 4.53. The number of aliphatic hydroxyl groups excluding tert-OH is 3. The van der Waals surface area contributed by atoms with Gasteiger partial charge in [-0.2, -0.15) is 0 Å². The van der Waals surface area contributed by atoms with Crippen molar-refractivity contribution in [1.29, 1.82) is 0 Å². The third-order valence-corrected chi connectivity index (χ3v) is 2.86. The molecule has 0 bridgehead atoms. The van der Waals surface area contributed by atoms with Crippen LogP contribution in [0.25, 0.3) is 0 Å². The monoisotopic (exact) mass is 190 g/mol. The minimum absolute atomic E-state index is 0.479. The maximum Gasteiger partial charge on any atom is 0.0884 e. The Bertz CT molecular complexity index is 149. The molecule has 0 aliphatic carbocycles. The van der Waals surface area contributed by atoms with Gasteiger partial charge in [-0.05, 0) is 20.8 Å². The van der Waals surface area contributed by atoms with Gasteiger partial charge in [0.25, 0.3) is 0 Å². The normalized spacial score (nSPS) is 25.8. The minimum atomic E-state index is -1.41. The molecule has 0 saturated heterocycles. The molecule has 0 spiro atoms. The summed E-state index contributed by atoms with van der Waals surface area (Å²) in [7, 11) is 0. The second-order valence-electron chi connectivity index (χ2n) is 3.81. The Hall–Kier alpha value is -0.160. The highest BCUT2D eigenvalue weighted by Crippen LogP contribution is 2.27. The lowest BCUT2D eigenvalue weighted by molar-refractivity contribution is -0.0590. The summed E-state index contributed by atoms with van der Waals surface area (Å²) >= 11 is 0. The van der Waals surface area contributed by atoms with Crippen molar-refractivity contribution in [2.75, 3.05) is 0 Å². The van der Waals surface area contributed by atoms with Crippen LogP contribution in [0.2, 0.25) is 0 Å². The summed E-state index contributed by atoms with van der Waals surface area (Å²) in [5.41, 5.74) is 6.50. The standard InChI is InChI=1S/C9H20NO3/c1-5(6(2)11)9(10,7(3)12)8(4)13/h5-8,10-13H,1-4H3. The van der Waals surface area contributed by atoms with Crippen LogP contribution >= 0.6 is 0 Å². The average molecular weight is 190 g/mol. The first kappa shape index (κ1) is 12.8. The highest BCUT2D eigenvalue weighted by molar-refractivity contribution is 4.99. The van der Waals surface area contributed by atoms with Gasteiger partial charge in [-0.3, -0.25) is 0 Å². The average Bonchev–Trinajstić information content (AvgIpc) is 2.00. The van der Waals surface area contributed by atoms with E-state index in [1.54, 1.807) is 13.8 Å². The van der Waals surface area contributed by atoms with Crippen LogP contribution in [-0.2, 0) is 0 Å². The van der Waals surface area contributed by atoms with Crippen LogP contribution in [0.3, 0.4) is 0 Å². The largest absolute Gasteiger partial charge is 0.393 e. The molecule has 0 aromatic heterocycles. The lowest BCUT2D eigenvalue weighted by Crippen LogP contribution is -2.58.